The van der Waals surface area contributed by atoms with Gasteiger partial charge in [0.25, 0.3) is 0 Å². The molecule has 100 valence electrons. The van der Waals surface area contributed by atoms with Crippen LogP contribution in [0.25, 0.3) is 0 Å². The molecule has 0 saturated heterocycles. The van der Waals surface area contributed by atoms with E-state index in [2.05, 4.69) is 17.4 Å². The van der Waals surface area contributed by atoms with Gasteiger partial charge in [0.1, 0.15) is 5.75 Å². The highest BCUT2D eigenvalue weighted by molar-refractivity contribution is 6.29. The molecule has 1 fully saturated rings. The van der Waals surface area contributed by atoms with Crippen molar-refractivity contribution in [2.75, 3.05) is 7.05 Å². The van der Waals surface area contributed by atoms with Gasteiger partial charge in [0.15, 0.2) is 5.22 Å². The fraction of sp³-hybridized carbons (Fsp3) is 0.333. The smallest absolute Gasteiger partial charge is 0.198 e. The molecular formula is C15H16ClNO2. The third-order valence-electron chi connectivity index (χ3n) is 3.29. The summed E-state index contributed by atoms with van der Waals surface area (Å²) in [5.74, 6) is 0.930. The zero-order valence-corrected chi connectivity index (χ0v) is 11.5. The summed E-state index contributed by atoms with van der Waals surface area (Å²) in [6.45, 7) is 0. The van der Waals surface area contributed by atoms with Crippen LogP contribution >= 0.6 is 11.6 Å². The van der Waals surface area contributed by atoms with Crippen LogP contribution in [0.15, 0.2) is 41.0 Å². The molecule has 0 bridgehead atoms. The second kappa shape index (κ2) is 5.27. The molecule has 1 atom stereocenters. The van der Waals surface area contributed by atoms with Gasteiger partial charge < -0.3 is 14.5 Å². The maximum atomic E-state index is 6.04. The maximum absolute atomic E-state index is 6.04. The largest absolute Gasteiger partial charge is 0.490 e. The van der Waals surface area contributed by atoms with Crippen LogP contribution in [-0.2, 0) is 0 Å². The van der Waals surface area contributed by atoms with Crippen molar-refractivity contribution in [2.24, 2.45) is 0 Å². The van der Waals surface area contributed by atoms with Gasteiger partial charge in [-0.1, -0.05) is 12.1 Å². The lowest BCUT2D eigenvalue weighted by atomic mass is 10.0. The SMILES string of the molecule is CNC(c1ccc(OC2CC2)cc1)c1ccoc1Cl. The molecule has 3 nitrogen and oxygen atoms in total. The molecule has 4 heteroatoms. The Morgan fingerprint density at radius 3 is 2.53 bits per heavy atom. The average molecular weight is 278 g/mol. The Bertz CT molecular complexity index is 546. The van der Waals surface area contributed by atoms with Crippen LogP contribution in [0, 0.1) is 0 Å². The van der Waals surface area contributed by atoms with E-state index in [1.54, 1.807) is 6.26 Å². The average Bonchev–Trinajstić information content (AvgIpc) is 3.14. The van der Waals surface area contributed by atoms with Gasteiger partial charge in [-0.2, -0.15) is 0 Å². The van der Waals surface area contributed by atoms with E-state index in [0.717, 1.165) is 16.9 Å². The van der Waals surface area contributed by atoms with E-state index >= 15 is 0 Å². The van der Waals surface area contributed by atoms with Gasteiger partial charge in [0.2, 0.25) is 0 Å². The molecule has 0 amide bonds. The molecule has 1 unspecified atom stereocenters. The number of hydrogen-bond acceptors (Lipinski definition) is 3. The first-order valence-corrected chi connectivity index (χ1v) is 6.82. The van der Waals surface area contributed by atoms with Crippen LogP contribution < -0.4 is 10.1 Å². The van der Waals surface area contributed by atoms with Gasteiger partial charge in [-0.05, 0) is 55.3 Å². The summed E-state index contributed by atoms with van der Waals surface area (Å²) in [6, 6.07) is 10.0. The molecule has 1 aromatic heterocycles. The quantitative estimate of drug-likeness (QED) is 0.903. The van der Waals surface area contributed by atoms with E-state index < -0.39 is 0 Å². The molecule has 0 spiro atoms. The van der Waals surface area contributed by atoms with Crippen LogP contribution in [-0.4, -0.2) is 13.2 Å². The number of ether oxygens (including phenoxy) is 1. The van der Waals surface area contributed by atoms with Crippen molar-refractivity contribution in [3.63, 3.8) is 0 Å². The lowest BCUT2D eigenvalue weighted by Gasteiger charge is -2.16. The van der Waals surface area contributed by atoms with Crippen LogP contribution in [0.3, 0.4) is 0 Å². The number of rotatable bonds is 5. The van der Waals surface area contributed by atoms with Gasteiger partial charge in [-0.15, -0.1) is 0 Å². The summed E-state index contributed by atoms with van der Waals surface area (Å²) in [7, 11) is 1.91. The lowest BCUT2D eigenvalue weighted by Crippen LogP contribution is -2.17. The van der Waals surface area contributed by atoms with Gasteiger partial charge >= 0.3 is 0 Å². The molecule has 19 heavy (non-hydrogen) atoms. The first kappa shape index (κ1) is 12.6. The second-order valence-electron chi connectivity index (χ2n) is 4.76. The third kappa shape index (κ3) is 2.77. The number of nitrogens with one attached hydrogen (secondary N) is 1. The molecule has 1 aromatic carbocycles. The molecule has 1 aliphatic carbocycles. The minimum Gasteiger partial charge on any atom is -0.490 e. The standard InChI is InChI=1S/C15H16ClNO2/c1-17-14(13-8-9-18-15(13)16)10-2-4-11(5-3-10)19-12-6-7-12/h2-5,8-9,12,14,17H,6-7H2,1H3. The molecule has 1 heterocycles. The first-order chi connectivity index (χ1) is 9.28. The molecule has 0 radical (unpaired) electrons. The zero-order valence-electron chi connectivity index (χ0n) is 10.7. The molecule has 0 aliphatic heterocycles. The maximum Gasteiger partial charge on any atom is 0.198 e. The summed E-state index contributed by atoms with van der Waals surface area (Å²) in [5, 5.41) is 3.68. The monoisotopic (exact) mass is 277 g/mol. The minimum atomic E-state index is 0.0289. The fourth-order valence-electron chi connectivity index (χ4n) is 2.13. The predicted molar refractivity (Wildman–Crippen MR) is 74.7 cm³/mol. The van der Waals surface area contributed by atoms with Crippen molar-refractivity contribution < 1.29 is 9.15 Å². The second-order valence-corrected chi connectivity index (χ2v) is 5.10. The molecule has 3 rings (SSSR count). The van der Waals surface area contributed by atoms with E-state index in [1.165, 1.54) is 12.8 Å². The van der Waals surface area contributed by atoms with E-state index in [9.17, 15) is 0 Å². The van der Waals surface area contributed by atoms with Crippen LogP contribution in [0.1, 0.15) is 30.0 Å². The highest BCUT2D eigenvalue weighted by Gasteiger charge is 2.23. The van der Waals surface area contributed by atoms with Crippen LogP contribution in [0.2, 0.25) is 5.22 Å². The molecule has 1 aliphatic rings. The fourth-order valence-corrected chi connectivity index (χ4v) is 2.35. The van der Waals surface area contributed by atoms with Gasteiger partial charge in [0.05, 0.1) is 18.4 Å². The topological polar surface area (TPSA) is 34.4 Å². The van der Waals surface area contributed by atoms with Crippen molar-refractivity contribution in [1.29, 1.82) is 0 Å². The number of benzene rings is 1. The summed E-state index contributed by atoms with van der Waals surface area (Å²) < 4.78 is 10.9. The number of halogens is 1. The summed E-state index contributed by atoms with van der Waals surface area (Å²) in [4.78, 5) is 0. The minimum absolute atomic E-state index is 0.0289. The van der Waals surface area contributed by atoms with Gasteiger partial charge in [-0.25, -0.2) is 0 Å². The normalized spacial score (nSPS) is 16.3. The third-order valence-corrected chi connectivity index (χ3v) is 3.59. The predicted octanol–water partition coefficient (Wildman–Crippen LogP) is 3.78. The van der Waals surface area contributed by atoms with Gasteiger partial charge in [0, 0.05) is 5.56 Å². The number of hydrogen-bond donors (Lipinski definition) is 1. The Hall–Kier alpha value is -1.45. The molecular weight excluding hydrogens is 262 g/mol. The number of furan rings is 1. The molecule has 1 N–H and O–H groups in total. The summed E-state index contributed by atoms with van der Waals surface area (Å²) in [5.41, 5.74) is 2.08. The Labute approximate surface area is 117 Å². The van der Waals surface area contributed by atoms with Gasteiger partial charge in [-0.3, -0.25) is 0 Å². The van der Waals surface area contributed by atoms with Crippen molar-refractivity contribution >= 4 is 11.6 Å². The summed E-state index contributed by atoms with van der Waals surface area (Å²) >= 11 is 6.04. The Morgan fingerprint density at radius 2 is 2.00 bits per heavy atom. The summed E-state index contributed by atoms with van der Waals surface area (Å²) in [6.07, 6.45) is 4.37. The van der Waals surface area contributed by atoms with Crippen molar-refractivity contribution in [3.8, 4) is 5.75 Å². The van der Waals surface area contributed by atoms with Crippen molar-refractivity contribution in [1.82, 2.24) is 5.32 Å². The van der Waals surface area contributed by atoms with E-state index in [1.807, 2.05) is 25.2 Å². The zero-order chi connectivity index (χ0) is 13.2. The Balaban J connectivity index is 1.81. The highest BCUT2D eigenvalue weighted by Crippen LogP contribution is 2.31. The van der Waals surface area contributed by atoms with Crippen molar-refractivity contribution in [2.45, 2.75) is 25.0 Å². The molecule has 2 aromatic rings. The van der Waals surface area contributed by atoms with E-state index in [4.69, 9.17) is 20.8 Å². The first-order valence-electron chi connectivity index (χ1n) is 6.44. The van der Waals surface area contributed by atoms with E-state index in [0.29, 0.717) is 11.3 Å². The Kier molecular flexibility index (Phi) is 3.49. The van der Waals surface area contributed by atoms with E-state index in [-0.39, 0.29) is 6.04 Å². The lowest BCUT2D eigenvalue weighted by molar-refractivity contribution is 0.303. The Morgan fingerprint density at radius 1 is 1.26 bits per heavy atom. The molecule has 1 saturated carbocycles. The van der Waals surface area contributed by atoms with Crippen LogP contribution in [0.5, 0.6) is 5.75 Å². The van der Waals surface area contributed by atoms with Crippen molar-refractivity contribution in [3.05, 3.63) is 52.9 Å². The highest BCUT2D eigenvalue weighted by atomic mass is 35.5. The van der Waals surface area contributed by atoms with Crippen LogP contribution in [0.4, 0.5) is 0 Å².